The molecule has 8 heteroatoms. The van der Waals surface area contributed by atoms with Crippen molar-refractivity contribution < 1.29 is 18.4 Å². The van der Waals surface area contributed by atoms with Crippen molar-refractivity contribution in [3.8, 4) is 0 Å². The van der Waals surface area contributed by atoms with Gasteiger partial charge in [-0.25, -0.2) is 4.39 Å². The van der Waals surface area contributed by atoms with E-state index in [-0.39, 0.29) is 41.6 Å². The first kappa shape index (κ1) is 21.3. The van der Waals surface area contributed by atoms with Gasteiger partial charge in [0.15, 0.2) is 0 Å². The number of carbonyl (C=O) groups is 2. The third-order valence-corrected chi connectivity index (χ3v) is 5.93. The highest BCUT2D eigenvalue weighted by Gasteiger charge is 2.40. The van der Waals surface area contributed by atoms with E-state index in [4.69, 9.17) is 10.2 Å². The molecule has 2 amide bonds. The number of nitrogens with two attached hydrogens (primary N) is 1. The second kappa shape index (κ2) is 8.97. The zero-order valence-corrected chi connectivity index (χ0v) is 16.7. The molecule has 2 atom stereocenters. The molecule has 1 aromatic carbocycles. The minimum atomic E-state index is -0.528. The highest BCUT2D eigenvalue weighted by molar-refractivity contribution is 6.08. The molecule has 156 valence electrons. The van der Waals surface area contributed by atoms with Crippen LogP contribution in [0.2, 0.25) is 0 Å². The fourth-order valence-electron chi connectivity index (χ4n) is 4.66. The van der Waals surface area contributed by atoms with E-state index in [1.54, 1.807) is 0 Å². The second-order valence-electron chi connectivity index (χ2n) is 7.84. The minimum Gasteiger partial charge on any atom is -0.472 e. The molecular weight excluding hydrogens is 397 g/mol. The van der Waals surface area contributed by atoms with E-state index in [1.807, 2.05) is 0 Å². The number of nitrogens with one attached hydrogen (secondary N) is 2. The van der Waals surface area contributed by atoms with Crippen molar-refractivity contribution in [3.05, 3.63) is 53.7 Å². The fraction of sp³-hybridized carbons (Fsp3) is 0.429. The highest BCUT2D eigenvalue weighted by Crippen LogP contribution is 2.39. The van der Waals surface area contributed by atoms with Gasteiger partial charge in [-0.1, -0.05) is 6.42 Å². The van der Waals surface area contributed by atoms with Gasteiger partial charge in [-0.05, 0) is 61.8 Å². The van der Waals surface area contributed by atoms with Crippen LogP contribution >= 0.6 is 12.4 Å². The average Bonchev–Trinajstić information content (AvgIpc) is 3.17. The molecule has 2 saturated carbocycles. The molecular formula is C21H25ClFN3O3. The topological polar surface area (TPSA) is 97.4 Å². The van der Waals surface area contributed by atoms with Crippen molar-refractivity contribution in [1.82, 2.24) is 5.32 Å². The normalized spacial score (nSPS) is 25.6. The Bertz CT molecular complexity index is 860. The van der Waals surface area contributed by atoms with Gasteiger partial charge in [-0.2, -0.15) is 0 Å². The summed E-state index contributed by atoms with van der Waals surface area (Å²) in [5, 5.41) is 5.75. The zero-order chi connectivity index (χ0) is 19.7. The van der Waals surface area contributed by atoms with Gasteiger partial charge in [-0.15, -0.1) is 12.4 Å². The van der Waals surface area contributed by atoms with Crippen molar-refractivity contribution >= 4 is 29.9 Å². The fourth-order valence-corrected chi connectivity index (χ4v) is 4.66. The van der Waals surface area contributed by atoms with Crippen molar-refractivity contribution in [3.63, 3.8) is 0 Å². The van der Waals surface area contributed by atoms with Crippen LogP contribution in [0.25, 0.3) is 0 Å². The quantitative estimate of drug-likeness (QED) is 0.700. The molecule has 1 heterocycles. The largest absolute Gasteiger partial charge is 0.472 e. The summed E-state index contributed by atoms with van der Waals surface area (Å²) in [5.41, 5.74) is 6.84. The second-order valence-corrected chi connectivity index (χ2v) is 7.84. The predicted octanol–water partition coefficient (Wildman–Crippen LogP) is 3.73. The molecule has 2 aliphatic carbocycles. The summed E-state index contributed by atoms with van der Waals surface area (Å²) in [6.45, 7) is 0. The molecule has 0 spiro atoms. The number of rotatable bonds is 4. The third kappa shape index (κ3) is 4.62. The van der Waals surface area contributed by atoms with Gasteiger partial charge >= 0.3 is 0 Å². The lowest BCUT2D eigenvalue weighted by molar-refractivity contribution is 0.0756. The number of halogens is 2. The van der Waals surface area contributed by atoms with Gasteiger partial charge < -0.3 is 20.8 Å². The number of benzene rings is 1. The Balaban J connectivity index is 0.00000240. The minimum absolute atomic E-state index is 0. The smallest absolute Gasteiger partial charge is 0.258 e. The van der Waals surface area contributed by atoms with Crippen LogP contribution in [0, 0.1) is 17.7 Å². The van der Waals surface area contributed by atoms with Crippen LogP contribution in [0.1, 0.15) is 52.8 Å². The maximum Gasteiger partial charge on any atom is 0.258 e. The molecule has 0 radical (unpaired) electrons. The van der Waals surface area contributed by atoms with E-state index in [0.29, 0.717) is 17.4 Å². The van der Waals surface area contributed by atoms with Crippen LogP contribution in [0.4, 0.5) is 10.1 Å². The molecule has 6 nitrogen and oxygen atoms in total. The molecule has 2 unspecified atom stereocenters. The molecule has 4 rings (SSSR count). The van der Waals surface area contributed by atoms with E-state index in [1.165, 1.54) is 30.7 Å². The predicted molar refractivity (Wildman–Crippen MR) is 110 cm³/mol. The van der Waals surface area contributed by atoms with Crippen molar-refractivity contribution in [2.45, 2.75) is 44.2 Å². The van der Waals surface area contributed by atoms with Gasteiger partial charge in [0.25, 0.3) is 11.8 Å². The number of anilines is 1. The molecule has 2 bridgehead atoms. The lowest BCUT2D eigenvalue weighted by Gasteiger charge is -2.45. The Kier molecular flexibility index (Phi) is 6.59. The van der Waals surface area contributed by atoms with Crippen molar-refractivity contribution in [2.75, 3.05) is 5.32 Å². The Morgan fingerprint density at radius 2 is 1.83 bits per heavy atom. The molecule has 1 aromatic heterocycles. The van der Waals surface area contributed by atoms with Crippen LogP contribution < -0.4 is 16.4 Å². The number of furan rings is 1. The monoisotopic (exact) mass is 421 g/mol. The number of fused-ring (bicyclic) bond motifs is 2. The van der Waals surface area contributed by atoms with Crippen LogP contribution in [-0.4, -0.2) is 23.9 Å². The number of hydrogen-bond acceptors (Lipinski definition) is 4. The van der Waals surface area contributed by atoms with Gasteiger partial charge in [0.05, 0.1) is 23.1 Å². The summed E-state index contributed by atoms with van der Waals surface area (Å²) in [4.78, 5) is 25.3. The molecule has 29 heavy (non-hydrogen) atoms. The Labute approximate surface area is 174 Å². The van der Waals surface area contributed by atoms with Crippen molar-refractivity contribution in [1.29, 1.82) is 0 Å². The van der Waals surface area contributed by atoms with E-state index >= 15 is 0 Å². The standard InChI is InChI=1S/C21H24FN3O3.ClH/c22-15-4-5-17(18(10-15)24-20(26)14-6-7-28-11-14)21(27)25-19-12-2-1-3-13(19)9-16(23)8-12;/h4-7,10-13,16,19H,1-3,8-9,23H2,(H,24,26)(H,25,27);1H. The summed E-state index contributed by atoms with van der Waals surface area (Å²) >= 11 is 0. The molecule has 2 aromatic rings. The summed E-state index contributed by atoms with van der Waals surface area (Å²) < 4.78 is 18.7. The first-order valence-corrected chi connectivity index (χ1v) is 9.71. The number of hydrogen-bond donors (Lipinski definition) is 3. The summed E-state index contributed by atoms with van der Waals surface area (Å²) in [5.74, 6) is -0.555. The van der Waals surface area contributed by atoms with E-state index in [9.17, 15) is 14.0 Å². The maximum atomic E-state index is 13.8. The van der Waals surface area contributed by atoms with Crippen LogP contribution in [-0.2, 0) is 0 Å². The van der Waals surface area contributed by atoms with Gasteiger partial charge in [-0.3, -0.25) is 9.59 Å². The molecule has 4 N–H and O–H groups in total. The molecule has 0 aliphatic heterocycles. The Morgan fingerprint density at radius 1 is 1.10 bits per heavy atom. The molecule has 2 aliphatic rings. The average molecular weight is 422 g/mol. The molecule has 2 fully saturated rings. The number of amides is 2. The van der Waals surface area contributed by atoms with Crippen LogP contribution in [0.15, 0.2) is 41.2 Å². The Morgan fingerprint density at radius 3 is 2.48 bits per heavy atom. The highest BCUT2D eigenvalue weighted by atomic mass is 35.5. The maximum absolute atomic E-state index is 13.8. The van der Waals surface area contributed by atoms with Crippen LogP contribution in [0.5, 0.6) is 0 Å². The lowest BCUT2D eigenvalue weighted by atomic mass is 9.67. The van der Waals surface area contributed by atoms with Crippen LogP contribution in [0.3, 0.4) is 0 Å². The summed E-state index contributed by atoms with van der Waals surface area (Å²) in [7, 11) is 0. The van der Waals surface area contributed by atoms with E-state index < -0.39 is 11.7 Å². The van der Waals surface area contributed by atoms with E-state index in [2.05, 4.69) is 10.6 Å². The SMILES string of the molecule is Cl.NC1CC2CCCC(C1)C2NC(=O)c1ccc(F)cc1NC(=O)c1ccoc1. The summed E-state index contributed by atoms with van der Waals surface area (Å²) in [6, 6.07) is 5.55. The molecule has 0 saturated heterocycles. The number of carbonyl (C=O) groups excluding carboxylic acids is 2. The Hall–Kier alpha value is -2.38. The van der Waals surface area contributed by atoms with Gasteiger partial charge in [0, 0.05) is 12.1 Å². The first-order chi connectivity index (χ1) is 13.5. The van der Waals surface area contributed by atoms with Gasteiger partial charge in [0.1, 0.15) is 12.1 Å². The first-order valence-electron chi connectivity index (χ1n) is 9.71. The van der Waals surface area contributed by atoms with E-state index in [0.717, 1.165) is 38.2 Å². The van der Waals surface area contributed by atoms with Gasteiger partial charge in [0.2, 0.25) is 0 Å². The van der Waals surface area contributed by atoms with Crippen molar-refractivity contribution in [2.24, 2.45) is 17.6 Å². The summed E-state index contributed by atoms with van der Waals surface area (Å²) in [6.07, 6.45) is 7.77. The third-order valence-electron chi connectivity index (χ3n) is 5.93. The lowest BCUT2D eigenvalue weighted by Crippen LogP contribution is -2.53. The zero-order valence-electron chi connectivity index (χ0n) is 15.9.